The number of carbonyl (C=O) groups is 2. The van der Waals surface area contributed by atoms with Gasteiger partial charge in [-0.1, -0.05) is 0 Å². The lowest BCUT2D eigenvalue weighted by Gasteiger charge is -2.05. The normalized spacial score (nSPS) is 10.3. The molecule has 0 radical (unpaired) electrons. The largest absolute Gasteiger partial charge is 0.466 e. The predicted molar refractivity (Wildman–Crippen MR) is 81.7 cm³/mol. The lowest BCUT2D eigenvalue weighted by molar-refractivity contribution is -0.142. The predicted octanol–water partition coefficient (Wildman–Crippen LogP) is 1.19. The molecular weight excluding hydrogens is 325 g/mol. The van der Waals surface area contributed by atoms with E-state index in [1.807, 2.05) is 0 Å². The van der Waals surface area contributed by atoms with Crippen LogP contribution in [0.15, 0.2) is 28.5 Å². The fourth-order valence-electron chi connectivity index (χ4n) is 1.74. The van der Waals surface area contributed by atoms with Gasteiger partial charge in [-0.05, 0) is 13.0 Å². The molecule has 0 aliphatic carbocycles. The summed E-state index contributed by atoms with van der Waals surface area (Å²) in [6, 6.07) is 2.07. The van der Waals surface area contributed by atoms with E-state index in [0.717, 1.165) is 34.2 Å². The van der Waals surface area contributed by atoms with Gasteiger partial charge in [0.2, 0.25) is 5.91 Å². The van der Waals surface area contributed by atoms with E-state index in [-0.39, 0.29) is 19.6 Å². The molecule has 0 saturated heterocycles. The van der Waals surface area contributed by atoms with Crippen molar-refractivity contribution >= 4 is 28.3 Å². The first kappa shape index (κ1) is 16.8. The van der Waals surface area contributed by atoms with Crippen LogP contribution in [-0.2, 0) is 27.3 Å². The maximum absolute atomic E-state index is 13.1. The van der Waals surface area contributed by atoms with Gasteiger partial charge in [-0.25, -0.2) is 9.37 Å². The lowest BCUT2D eigenvalue weighted by atomic mass is 10.3. The molecule has 2 rings (SSSR count). The Bertz CT molecular complexity index is 771. The number of aromatic nitrogens is 2. The van der Waals surface area contributed by atoms with Gasteiger partial charge in [0.05, 0.1) is 18.7 Å². The number of nitrogens with zero attached hydrogens (tertiary/aromatic N) is 2. The van der Waals surface area contributed by atoms with Gasteiger partial charge in [0, 0.05) is 17.6 Å². The highest BCUT2D eigenvalue weighted by Gasteiger charge is 2.11. The Hall–Kier alpha value is -2.55. The van der Waals surface area contributed by atoms with Crippen LogP contribution in [0.2, 0.25) is 0 Å². The molecule has 9 heteroatoms. The Morgan fingerprint density at radius 1 is 1.43 bits per heavy atom. The monoisotopic (exact) mass is 339 g/mol. The van der Waals surface area contributed by atoms with Crippen molar-refractivity contribution in [3.05, 3.63) is 45.6 Å². The van der Waals surface area contributed by atoms with Crippen molar-refractivity contribution in [3.63, 3.8) is 0 Å². The van der Waals surface area contributed by atoms with Gasteiger partial charge in [-0.3, -0.25) is 14.4 Å². The fourth-order valence-corrected chi connectivity index (χ4v) is 2.47. The highest BCUT2D eigenvalue weighted by Crippen LogP contribution is 2.16. The number of carbonyl (C=O) groups excluding carboxylic acids is 2. The average Bonchev–Trinajstić information content (AvgIpc) is 2.90. The zero-order chi connectivity index (χ0) is 16.8. The summed E-state index contributed by atoms with van der Waals surface area (Å²) in [4.78, 5) is 38.8. The summed E-state index contributed by atoms with van der Waals surface area (Å²) in [6.07, 6.45) is 0.972. The van der Waals surface area contributed by atoms with Crippen molar-refractivity contribution in [3.8, 4) is 0 Å². The molecule has 2 aromatic rings. The molecule has 122 valence electrons. The molecule has 2 heterocycles. The van der Waals surface area contributed by atoms with E-state index in [0.29, 0.717) is 10.8 Å². The summed E-state index contributed by atoms with van der Waals surface area (Å²) >= 11 is 1.14. The maximum Gasteiger partial charge on any atom is 0.311 e. The molecule has 0 saturated carbocycles. The zero-order valence-electron chi connectivity index (χ0n) is 12.2. The van der Waals surface area contributed by atoms with Gasteiger partial charge in [0.1, 0.15) is 12.4 Å². The van der Waals surface area contributed by atoms with E-state index in [1.54, 1.807) is 12.3 Å². The molecule has 0 unspecified atom stereocenters. The number of esters is 1. The van der Waals surface area contributed by atoms with Gasteiger partial charge < -0.3 is 14.6 Å². The van der Waals surface area contributed by atoms with E-state index in [4.69, 9.17) is 4.74 Å². The van der Waals surface area contributed by atoms with Crippen molar-refractivity contribution in [2.45, 2.75) is 19.9 Å². The van der Waals surface area contributed by atoms with Crippen LogP contribution >= 0.6 is 11.3 Å². The summed E-state index contributed by atoms with van der Waals surface area (Å²) in [5.74, 6) is -1.53. The van der Waals surface area contributed by atoms with E-state index in [9.17, 15) is 18.8 Å². The van der Waals surface area contributed by atoms with Crippen LogP contribution in [0.4, 0.5) is 9.52 Å². The van der Waals surface area contributed by atoms with E-state index < -0.39 is 23.3 Å². The van der Waals surface area contributed by atoms with Crippen LogP contribution in [0.3, 0.4) is 0 Å². The van der Waals surface area contributed by atoms with Crippen LogP contribution in [0.25, 0.3) is 0 Å². The number of thiazole rings is 1. The van der Waals surface area contributed by atoms with Gasteiger partial charge in [0.25, 0.3) is 5.56 Å². The first-order chi connectivity index (χ1) is 11.0. The van der Waals surface area contributed by atoms with E-state index in [2.05, 4.69) is 10.3 Å². The minimum absolute atomic E-state index is 0.0174. The number of hydrogen-bond acceptors (Lipinski definition) is 6. The zero-order valence-corrected chi connectivity index (χ0v) is 13.1. The number of amides is 1. The molecule has 0 bridgehead atoms. The van der Waals surface area contributed by atoms with Crippen LogP contribution < -0.4 is 10.9 Å². The molecule has 1 amide bonds. The quantitative estimate of drug-likeness (QED) is 0.799. The van der Waals surface area contributed by atoms with Crippen LogP contribution in [0.1, 0.15) is 12.6 Å². The topological polar surface area (TPSA) is 90.3 Å². The summed E-state index contributed by atoms with van der Waals surface area (Å²) in [7, 11) is 0. The molecule has 2 aromatic heterocycles. The molecule has 0 atom stereocenters. The standard InChI is InChI=1S/C14H14FN3O4S/c1-2-22-13(21)5-10-8-23-14(16-10)17-11(19)7-18-6-9(15)3-4-12(18)20/h3-4,6,8H,2,5,7H2,1H3,(H,16,17,19). The third-order valence-electron chi connectivity index (χ3n) is 2.69. The number of ether oxygens (including phenoxy) is 1. The van der Waals surface area contributed by atoms with Crippen LogP contribution in [-0.4, -0.2) is 28.0 Å². The first-order valence-corrected chi connectivity index (χ1v) is 7.61. The van der Waals surface area contributed by atoms with Crippen LogP contribution in [0, 0.1) is 5.82 Å². The molecular formula is C14H14FN3O4S. The SMILES string of the molecule is CCOC(=O)Cc1csc(NC(=O)Cn2cc(F)ccc2=O)n1. The number of pyridine rings is 1. The number of anilines is 1. The third kappa shape index (κ3) is 4.99. The molecule has 0 aliphatic rings. The van der Waals surface area contributed by atoms with Crippen LogP contribution in [0.5, 0.6) is 0 Å². The maximum atomic E-state index is 13.1. The Labute approximate surface area is 134 Å². The summed E-state index contributed by atoms with van der Waals surface area (Å²) in [6.45, 7) is 1.66. The van der Waals surface area contributed by atoms with Crippen molar-refractivity contribution in [1.29, 1.82) is 0 Å². The van der Waals surface area contributed by atoms with Gasteiger partial charge >= 0.3 is 5.97 Å². The average molecular weight is 339 g/mol. The van der Waals surface area contributed by atoms with Gasteiger partial charge in [-0.15, -0.1) is 11.3 Å². The second-order valence-electron chi connectivity index (χ2n) is 4.49. The Kier molecular flexibility index (Phi) is 5.58. The number of halogens is 1. The Morgan fingerprint density at radius 2 is 2.22 bits per heavy atom. The fraction of sp³-hybridized carbons (Fsp3) is 0.286. The molecule has 1 N–H and O–H groups in total. The van der Waals surface area contributed by atoms with Crippen molar-refractivity contribution in [2.24, 2.45) is 0 Å². The molecule has 0 fully saturated rings. The smallest absolute Gasteiger partial charge is 0.311 e. The summed E-state index contributed by atoms with van der Waals surface area (Å²) in [5.41, 5.74) is -0.00430. The summed E-state index contributed by atoms with van der Waals surface area (Å²) in [5, 5.41) is 4.41. The first-order valence-electron chi connectivity index (χ1n) is 6.74. The molecule has 7 nitrogen and oxygen atoms in total. The highest BCUT2D eigenvalue weighted by atomic mass is 32.1. The number of nitrogens with one attached hydrogen (secondary N) is 1. The molecule has 0 spiro atoms. The lowest BCUT2D eigenvalue weighted by Crippen LogP contribution is -2.27. The minimum Gasteiger partial charge on any atom is -0.466 e. The number of hydrogen-bond donors (Lipinski definition) is 1. The van der Waals surface area contributed by atoms with E-state index >= 15 is 0 Å². The van der Waals surface area contributed by atoms with E-state index in [1.165, 1.54) is 0 Å². The van der Waals surface area contributed by atoms with Gasteiger partial charge in [-0.2, -0.15) is 0 Å². The summed E-state index contributed by atoms with van der Waals surface area (Å²) < 4.78 is 18.8. The minimum atomic E-state index is -0.608. The second-order valence-corrected chi connectivity index (χ2v) is 5.35. The van der Waals surface area contributed by atoms with Gasteiger partial charge in [0.15, 0.2) is 5.13 Å². The number of rotatable bonds is 6. The molecule has 0 aliphatic heterocycles. The Morgan fingerprint density at radius 3 is 2.96 bits per heavy atom. The highest BCUT2D eigenvalue weighted by molar-refractivity contribution is 7.13. The van der Waals surface area contributed by atoms with Crippen molar-refractivity contribution in [2.75, 3.05) is 11.9 Å². The third-order valence-corrected chi connectivity index (χ3v) is 3.50. The van der Waals surface area contributed by atoms with Crippen molar-refractivity contribution < 1.29 is 18.7 Å². The molecule has 0 aromatic carbocycles. The Balaban J connectivity index is 1.95. The second kappa shape index (κ2) is 7.63. The van der Waals surface area contributed by atoms with Crippen molar-refractivity contribution in [1.82, 2.24) is 9.55 Å². The molecule has 23 heavy (non-hydrogen) atoms.